The number of halogens is 1. The maximum Gasteiger partial charge on any atom is 0.345 e. The highest BCUT2D eigenvalue weighted by Gasteiger charge is 2.34. The molecular formula is C40H39ClN8O4. The molecule has 8 rings (SSSR count). The zero-order valence-corrected chi connectivity index (χ0v) is 30.5. The first-order valence-electron chi connectivity index (χ1n) is 17.6. The molecule has 13 heteroatoms. The van der Waals surface area contributed by atoms with Crippen molar-refractivity contribution in [2.75, 3.05) is 37.7 Å². The van der Waals surface area contributed by atoms with Crippen molar-refractivity contribution in [1.29, 1.82) is 0 Å². The molecule has 1 saturated heterocycles. The van der Waals surface area contributed by atoms with Crippen LogP contribution in [-0.2, 0) is 31.8 Å². The van der Waals surface area contributed by atoms with Gasteiger partial charge in [0.25, 0.3) is 11.8 Å². The maximum atomic E-state index is 14.8. The third-order valence-electron chi connectivity index (χ3n) is 10.5. The molecule has 2 amide bonds. The number of rotatable bonds is 7. The molecule has 1 fully saturated rings. The molecule has 12 nitrogen and oxygen atoms in total. The standard InChI is InChI=1S/C40H39ClN8O4/c1-25-34(39(51)49(32-21-43-40(52)44-22-32)30-17-27-10-11-45(2)37(27)42-20-30)19-36(46(25)3)35-18-29(41)8-9-33(35)38(50)48-23-28-7-5-4-6-26(28)16-31(48)24-47-12-14-53-15-13-47/h4-11,17-22,31H,12-16,23-24H2,1-3H3,(H,43,44,52)/t31-/m0/s1. The van der Waals surface area contributed by atoms with Crippen LogP contribution < -0.4 is 10.6 Å². The first-order valence-corrected chi connectivity index (χ1v) is 18.0. The van der Waals surface area contributed by atoms with Crippen molar-refractivity contribution in [3.63, 3.8) is 0 Å². The van der Waals surface area contributed by atoms with Crippen LogP contribution in [0, 0.1) is 6.92 Å². The van der Waals surface area contributed by atoms with Gasteiger partial charge in [-0.3, -0.25) is 19.4 Å². The number of H-pyrrole nitrogens is 1. The molecule has 0 unspecified atom stereocenters. The van der Waals surface area contributed by atoms with Gasteiger partial charge < -0.3 is 23.8 Å². The number of anilines is 2. The molecule has 0 bridgehead atoms. The van der Waals surface area contributed by atoms with Gasteiger partial charge in [-0.15, -0.1) is 0 Å². The Kier molecular flexibility index (Phi) is 9.19. The molecule has 2 aliphatic heterocycles. The summed E-state index contributed by atoms with van der Waals surface area (Å²) >= 11 is 6.64. The Morgan fingerprint density at radius 2 is 1.74 bits per heavy atom. The molecule has 0 radical (unpaired) electrons. The van der Waals surface area contributed by atoms with Gasteiger partial charge in [0.15, 0.2) is 0 Å². The van der Waals surface area contributed by atoms with Crippen LogP contribution in [0.3, 0.4) is 0 Å². The summed E-state index contributed by atoms with van der Waals surface area (Å²) in [5, 5.41) is 1.32. The summed E-state index contributed by atoms with van der Waals surface area (Å²) in [7, 11) is 3.78. The number of hydrogen-bond acceptors (Lipinski definition) is 7. The molecule has 270 valence electrons. The number of aromatic amines is 1. The number of morpholine rings is 1. The number of carbonyl (C=O) groups excluding carboxylic acids is 2. The number of hydrogen-bond donors (Lipinski definition) is 1. The first kappa shape index (κ1) is 34.5. The van der Waals surface area contributed by atoms with E-state index in [0.717, 1.165) is 42.7 Å². The lowest BCUT2D eigenvalue weighted by molar-refractivity contribution is 0.0193. The molecule has 2 aromatic carbocycles. The van der Waals surface area contributed by atoms with Crippen molar-refractivity contribution in [1.82, 2.24) is 33.9 Å². The molecule has 1 atom stereocenters. The minimum atomic E-state index is -0.529. The number of nitrogens with zero attached hydrogens (tertiary/aromatic N) is 7. The van der Waals surface area contributed by atoms with Crippen LogP contribution in [0.4, 0.5) is 11.4 Å². The van der Waals surface area contributed by atoms with E-state index in [2.05, 4.69) is 38.1 Å². The average Bonchev–Trinajstić information content (AvgIpc) is 3.69. The van der Waals surface area contributed by atoms with Crippen LogP contribution in [0.2, 0.25) is 5.02 Å². The van der Waals surface area contributed by atoms with E-state index in [0.29, 0.717) is 64.2 Å². The summed E-state index contributed by atoms with van der Waals surface area (Å²) in [6.45, 7) is 6.11. The van der Waals surface area contributed by atoms with Crippen molar-refractivity contribution < 1.29 is 14.3 Å². The maximum absolute atomic E-state index is 14.8. The number of pyridine rings is 1. The second-order valence-electron chi connectivity index (χ2n) is 13.7. The number of nitrogens with one attached hydrogen (secondary N) is 1. The SMILES string of the molecule is Cc1c(C(=O)N(c2cnc(=O)[nH]c2)c2cnc3c(ccn3C)c2)cc(-c2cc(Cl)ccc2C(=O)N2Cc3ccccc3C[C@H]2CN2CCOCC2)n1C. The van der Waals surface area contributed by atoms with E-state index in [1.54, 1.807) is 30.5 Å². The zero-order chi connectivity index (χ0) is 36.8. The monoisotopic (exact) mass is 730 g/mol. The molecule has 1 N–H and O–H groups in total. The highest BCUT2D eigenvalue weighted by molar-refractivity contribution is 6.31. The lowest BCUT2D eigenvalue weighted by Crippen LogP contribution is -2.52. The fourth-order valence-corrected chi connectivity index (χ4v) is 7.71. The Balaban J connectivity index is 1.19. The molecule has 2 aliphatic rings. The van der Waals surface area contributed by atoms with Gasteiger partial charge in [-0.25, -0.2) is 9.78 Å². The van der Waals surface area contributed by atoms with Crippen LogP contribution in [0.1, 0.15) is 37.5 Å². The minimum absolute atomic E-state index is 0.0404. The topological polar surface area (TPSA) is 122 Å². The van der Waals surface area contributed by atoms with Crippen LogP contribution in [0.5, 0.6) is 0 Å². The van der Waals surface area contributed by atoms with E-state index in [9.17, 15) is 14.4 Å². The number of benzene rings is 2. The van der Waals surface area contributed by atoms with Gasteiger partial charge in [0.2, 0.25) is 0 Å². The molecule has 0 spiro atoms. The second kappa shape index (κ2) is 14.1. The Morgan fingerprint density at radius 3 is 2.51 bits per heavy atom. The Bertz CT molecular complexity index is 2410. The predicted octanol–water partition coefficient (Wildman–Crippen LogP) is 5.50. The first-order chi connectivity index (χ1) is 25.7. The highest BCUT2D eigenvalue weighted by atomic mass is 35.5. The van der Waals surface area contributed by atoms with Crippen LogP contribution >= 0.6 is 11.6 Å². The Labute approximate surface area is 311 Å². The third-order valence-corrected chi connectivity index (χ3v) is 10.7. The average molecular weight is 731 g/mol. The van der Waals surface area contributed by atoms with Crippen molar-refractivity contribution in [2.45, 2.75) is 25.9 Å². The molecule has 6 heterocycles. The second-order valence-corrected chi connectivity index (χ2v) is 14.1. The van der Waals surface area contributed by atoms with E-state index >= 15 is 0 Å². The van der Waals surface area contributed by atoms with Gasteiger partial charge >= 0.3 is 5.69 Å². The molecule has 4 aromatic heterocycles. The van der Waals surface area contributed by atoms with E-state index in [1.165, 1.54) is 22.9 Å². The Hall–Kier alpha value is -5.56. The number of carbonyl (C=O) groups is 2. The number of aromatic nitrogens is 5. The smallest absolute Gasteiger partial charge is 0.345 e. The predicted molar refractivity (Wildman–Crippen MR) is 204 cm³/mol. The fourth-order valence-electron chi connectivity index (χ4n) is 7.54. The van der Waals surface area contributed by atoms with Gasteiger partial charge in [-0.05, 0) is 60.9 Å². The number of amides is 2. The van der Waals surface area contributed by atoms with Crippen molar-refractivity contribution in [2.24, 2.45) is 14.1 Å². The van der Waals surface area contributed by atoms with Crippen molar-refractivity contribution in [3.05, 3.63) is 129 Å². The summed E-state index contributed by atoms with van der Waals surface area (Å²) in [4.78, 5) is 58.4. The molecular weight excluding hydrogens is 692 g/mol. The summed E-state index contributed by atoms with van der Waals surface area (Å²) in [5.41, 5.74) is 6.37. The summed E-state index contributed by atoms with van der Waals surface area (Å²) in [6, 6.07) is 19.2. The lowest BCUT2D eigenvalue weighted by atomic mass is 9.92. The van der Waals surface area contributed by atoms with Gasteiger partial charge in [-0.1, -0.05) is 35.9 Å². The quantitative estimate of drug-likeness (QED) is 0.230. The normalized spacial score (nSPS) is 16.2. The van der Waals surface area contributed by atoms with E-state index in [4.69, 9.17) is 16.3 Å². The van der Waals surface area contributed by atoms with Crippen molar-refractivity contribution in [3.8, 4) is 11.3 Å². The van der Waals surface area contributed by atoms with E-state index in [1.807, 2.05) is 59.4 Å². The molecule has 0 aliphatic carbocycles. The Morgan fingerprint density at radius 1 is 0.962 bits per heavy atom. The highest BCUT2D eigenvalue weighted by Crippen LogP contribution is 2.36. The number of aryl methyl sites for hydroxylation is 1. The summed E-state index contributed by atoms with van der Waals surface area (Å²) < 4.78 is 9.42. The minimum Gasteiger partial charge on any atom is -0.379 e. The van der Waals surface area contributed by atoms with Gasteiger partial charge in [-0.2, -0.15) is 4.98 Å². The van der Waals surface area contributed by atoms with Gasteiger partial charge in [0.1, 0.15) is 5.65 Å². The zero-order valence-electron chi connectivity index (χ0n) is 29.8. The molecule has 0 saturated carbocycles. The third kappa shape index (κ3) is 6.54. The molecule has 53 heavy (non-hydrogen) atoms. The van der Waals surface area contributed by atoms with Gasteiger partial charge in [0, 0.05) is 91.6 Å². The van der Waals surface area contributed by atoms with Crippen LogP contribution in [0.25, 0.3) is 22.3 Å². The van der Waals surface area contributed by atoms with Gasteiger partial charge in [0.05, 0.1) is 42.5 Å². The van der Waals surface area contributed by atoms with Crippen LogP contribution in [0.15, 0.2) is 90.2 Å². The van der Waals surface area contributed by atoms with Crippen LogP contribution in [-0.4, -0.2) is 84.6 Å². The van der Waals surface area contributed by atoms with Crippen molar-refractivity contribution >= 4 is 45.8 Å². The van der Waals surface area contributed by atoms with E-state index in [-0.39, 0.29) is 17.9 Å². The fraction of sp³-hybridized carbons (Fsp3) is 0.275. The van der Waals surface area contributed by atoms with E-state index < -0.39 is 5.69 Å². The number of fused-ring (bicyclic) bond motifs is 2. The lowest BCUT2D eigenvalue weighted by Gasteiger charge is -2.40. The summed E-state index contributed by atoms with van der Waals surface area (Å²) in [6.07, 6.45) is 7.11. The summed E-state index contributed by atoms with van der Waals surface area (Å²) in [5.74, 6) is -0.456. The number of ether oxygens (including phenoxy) is 1. The molecule has 6 aromatic rings. The largest absolute Gasteiger partial charge is 0.379 e.